The van der Waals surface area contributed by atoms with Crippen molar-refractivity contribution in [1.29, 1.82) is 0 Å². The molecule has 1 N–H and O–H groups in total. The largest absolute Gasteiger partial charge is 0.507 e. The Labute approximate surface area is 147 Å². The van der Waals surface area contributed by atoms with Gasteiger partial charge in [-0.2, -0.15) is 0 Å². The zero-order valence-corrected chi connectivity index (χ0v) is 14.2. The fourth-order valence-electron chi connectivity index (χ4n) is 2.05. The Morgan fingerprint density at radius 1 is 1.04 bits per heavy atom. The summed E-state index contributed by atoms with van der Waals surface area (Å²) in [6.45, 7) is 0. The second-order valence-electron chi connectivity index (χ2n) is 4.87. The average molecular weight is 358 g/mol. The second kappa shape index (κ2) is 7.27. The molecule has 0 fully saturated rings. The number of carbonyl (C=O) groups excluding carboxylic acids is 1. The number of phenolic OH excluding ortho intramolecular Hbond substituents is 1. The van der Waals surface area contributed by atoms with E-state index in [2.05, 4.69) is 10.2 Å². The second-order valence-corrected chi connectivity index (χ2v) is 5.80. The Morgan fingerprint density at radius 2 is 1.72 bits per heavy atom. The molecule has 0 spiro atoms. The number of ether oxygens (including phenoxy) is 2. The van der Waals surface area contributed by atoms with Gasteiger partial charge in [-0.15, -0.1) is 10.2 Å². The molecule has 0 saturated heterocycles. The molecule has 0 saturated carbocycles. The first kappa shape index (κ1) is 16.8. The minimum absolute atomic E-state index is 0.0889. The van der Waals surface area contributed by atoms with Crippen LogP contribution in [0.15, 0.2) is 52.1 Å². The summed E-state index contributed by atoms with van der Waals surface area (Å²) < 4.78 is 15.6. The van der Waals surface area contributed by atoms with Crippen molar-refractivity contribution in [2.24, 2.45) is 0 Å². The molecule has 0 aliphatic carbocycles. The van der Waals surface area contributed by atoms with E-state index in [-0.39, 0.29) is 22.4 Å². The van der Waals surface area contributed by atoms with Gasteiger partial charge in [0.1, 0.15) is 17.2 Å². The molecule has 7 nitrogen and oxygen atoms in total. The van der Waals surface area contributed by atoms with Crippen LogP contribution < -0.4 is 9.47 Å². The summed E-state index contributed by atoms with van der Waals surface area (Å²) in [5.41, 5.74) is 0.842. The van der Waals surface area contributed by atoms with E-state index in [0.29, 0.717) is 17.1 Å². The SMILES string of the molecule is COc1ccc(-c2nnc(SC(=O)c3ccc(OC)cc3O)o2)cc1. The molecule has 0 radical (unpaired) electrons. The molecule has 2 aromatic carbocycles. The number of methoxy groups -OCH3 is 2. The zero-order valence-electron chi connectivity index (χ0n) is 13.4. The summed E-state index contributed by atoms with van der Waals surface area (Å²) in [7, 11) is 3.06. The van der Waals surface area contributed by atoms with Crippen LogP contribution in [-0.4, -0.2) is 34.6 Å². The van der Waals surface area contributed by atoms with Gasteiger partial charge < -0.3 is 19.0 Å². The number of hydrogen-bond donors (Lipinski definition) is 1. The topological polar surface area (TPSA) is 94.7 Å². The van der Waals surface area contributed by atoms with Crippen LogP contribution in [0.3, 0.4) is 0 Å². The highest BCUT2D eigenvalue weighted by atomic mass is 32.2. The Bertz CT molecular complexity index is 892. The molecule has 0 amide bonds. The van der Waals surface area contributed by atoms with Crippen molar-refractivity contribution in [2.45, 2.75) is 5.22 Å². The van der Waals surface area contributed by atoms with E-state index in [9.17, 15) is 9.90 Å². The van der Waals surface area contributed by atoms with Crippen molar-refractivity contribution in [3.8, 4) is 28.7 Å². The van der Waals surface area contributed by atoms with Crippen LogP contribution in [0.4, 0.5) is 0 Å². The lowest BCUT2D eigenvalue weighted by molar-refractivity contribution is 0.108. The standard InChI is InChI=1S/C17H14N2O5S/c1-22-11-5-3-10(4-6-11)15-18-19-17(24-15)25-16(21)13-8-7-12(23-2)9-14(13)20/h3-9,20H,1-2H3. The van der Waals surface area contributed by atoms with Crippen molar-refractivity contribution >= 4 is 16.9 Å². The number of benzene rings is 2. The molecule has 1 heterocycles. The molecule has 25 heavy (non-hydrogen) atoms. The minimum Gasteiger partial charge on any atom is -0.507 e. The van der Waals surface area contributed by atoms with E-state index >= 15 is 0 Å². The monoisotopic (exact) mass is 358 g/mol. The molecule has 8 heteroatoms. The Morgan fingerprint density at radius 3 is 2.36 bits per heavy atom. The van der Waals surface area contributed by atoms with Gasteiger partial charge in [0, 0.05) is 23.4 Å². The lowest BCUT2D eigenvalue weighted by atomic mass is 10.2. The van der Waals surface area contributed by atoms with Gasteiger partial charge >= 0.3 is 0 Å². The number of aromatic nitrogens is 2. The molecule has 128 valence electrons. The van der Waals surface area contributed by atoms with E-state index in [1.165, 1.54) is 19.2 Å². The molecule has 3 aromatic rings. The van der Waals surface area contributed by atoms with Crippen LogP contribution in [0.5, 0.6) is 17.2 Å². The highest BCUT2D eigenvalue weighted by Crippen LogP contribution is 2.31. The molecule has 0 atom stereocenters. The molecule has 0 aliphatic heterocycles. The fraction of sp³-hybridized carbons (Fsp3) is 0.118. The van der Waals surface area contributed by atoms with E-state index in [1.807, 2.05) is 0 Å². The third-order valence-corrected chi connectivity index (χ3v) is 4.09. The Hall–Kier alpha value is -3.00. The van der Waals surface area contributed by atoms with Crippen LogP contribution in [0.2, 0.25) is 0 Å². The quantitative estimate of drug-likeness (QED) is 0.694. The average Bonchev–Trinajstić information content (AvgIpc) is 3.10. The first-order valence-corrected chi connectivity index (χ1v) is 7.99. The van der Waals surface area contributed by atoms with Crippen LogP contribution in [0.25, 0.3) is 11.5 Å². The lowest BCUT2D eigenvalue weighted by Crippen LogP contribution is -1.95. The van der Waals surface area contributed by atoms with Crippen molar-refractivity contribution in [2.75, 3.05) is 14.2 Å². The first-order valence-electron chi connectivity index (χ1n) is 7.18. The minimum atomic E-state index is -0.412. The number of nitrogens with zero attached hydrogens (tertiary/aromatic N) is 2. The predicted molar refractivity (Wildman–Crippen MR) is 91.1 cm³/mol. The van der Waals surface area contributed by atoms with E-state index in [1.54, 1.807) is 37.4 Å². The molecular weight excluding hydrogens is 344 g/mol. The van der Waals surface area contributed by atoms with Crippen molar-refractivity contribution in [1.82, 2.24) is 10.2 Å². The summed E-state index contributed by atoms with van der Waals surface area (Å²) in [5, 5.41) is 17.4. The number of hydrogen-bond acceptors (Lipinski definition) is 8. The molecule has 1 aromatic heterocycles. The molecule has 3 rings (SSSR count). The van der Waals surface area contributed by atoms with Gasteiger partial charge in [0.25, 0.3) is 5.22 Å². The third-order valence-electron chi connectivity index (χ3n) is 3.35. The van der Waals surface area contributed by atoms with Crippen molar-refractivity contribution in [3.63, 3.8) is 0 Å². The maximum atomic E-state index is 12.3. The van der Waals surface area contributed by atoms with Crippen LogP contribution in [0.1, 0.15) is 10.4 Å². The Kier molecular flexibility index (Phi) is 4.90. The summed E-state index contributed by atoms with van der Waals surface area (Å²) in [6.07, 6.45) is 0. The first-order chi connectivity index (χ1) is 12.1. The smallest absolute Gasteiger partial charge is 0.284 e. The maximum Gasteiger partial charge on any atom is 0.284 e. The Balaban J connectivity index is 1.75. The number of thioether (sulfide) groups is 1. The number of aromatic hydroxyl groups is 1. The van der Waals surface area contributed by atoms with Crippen LogP contribution in [-0.2, 0) is 0 Å². The van der Waals surface area contributed by atoms with Gasteiger partial charge in [-0.3, -0.25) is 4.79 Å². The molecular formula is C17H14N2O5S. The lowest BCUT2D eigenvalue weighted by Gasteiger charge is -2.04. The summed E-state index contributed by atoms with van der Waals surface area (Å²) >= 11 is 0.743. The fourth-order valence-corrected chi connectivity index (χ4v) is 2.69. The van der Waals surface area contributed by atoms with Crippen LogP contribution in [0, 0.1) is 0 Å². The number of phenols is 1. The van der Waals surface area contributed by atoms with E-state index in [0.717, 1.165) is 11.8 Å². The van der Waals surface area contributed by atoms with Gasteiger partial charge in [-0.25, -0.2) is 0 Å². The number of carbonyl (C=O) groups is 1. The summed E-state index contributed by atoms with van der Waals surface area (Å²) in [4.78, 5) is 12.3. The van der Waals surface area contributed by atoms with Crippen molar-refractivity contribution < 1.29 is 23.8 Å². The van der Waals surface area contributed by atoms with Gasteiger partial charge in [-0.05, 0) is 36.4 Å². The summed E-state index contributed by atoms with van der Waals surface area (Å²) in [6, 6.07) is 11.5. The molecule has 0 bridgehead atoms. The molecule has 0 aliphatic rings. The summed E-state index contributed by atoms with van der Waals surface area (Å²) in [5.74, 6) is 1.28. The normalized spacial score (nSPS) is 10.5. The highest BCUT2D eigenvalue weighted by molar-refractivity contribution is 8.14. The molecule has 0 unspecified atom stereocenters. The van der Waals surface area contributed by atoms with Gasteiger partial charge in [0.2, 0.25) is 11.0 Å². The van der Waals surface area contributed by atoms with Gasteiger partial charge in [-0.1, -0.05) is 0 Å². The van der Waals surface area contributed by atoms with Gasteiger partial charge in [0.15, 0.2) is 0 Å². The van der Waals surface area contributed by atoms with Crippen molar-refractivity contribution in [3.05, 3.63) is 48.0 Å². The third kappa shape index (κ3) is 3.74. The maximum absolute atomic E-state index is 12.3. The van der Waals surface area contributed by atoms with Gasteiger partial charge in [0.05, 0.1) is 19.8 Å². The van der Waals surface area contributed by atoms with E-state index < -0.39 is 5.12 Å². The number of rotatable bonds is 5. The van der Waals surface area contributed by atoms with E-state index in [4.69, 9.17) is 13.9 Å². The zero-order chi connectivity index (χ0) is 17.8. The highest BCUT2D eigenvalue weighted by Gasteiger charge is 2.18. The van der Waals surface area contributed by atoms with Crippen LogP contribution >= 0.6 is 11.8 Å². The predicted octanol–water partition coefficient (Wildman–Crippen LogP) is 3.39.